The Hall–Kier alpha value is -2.18. The lowest BCUT2D eigenvalue weighted by Gasteiger charge is -2.24. The lowest BCUT2D eigenvalue weighted by molar-refractivity contribution is -0.169. The van der Waals surface area contributed by atoms with Gasteiger partial charge in [-0.2, -0.15) is 0 Å². The highest BCUT2D eigenvalue weighted by Crippen LogP contribution is 2.52. The van der Waals surface area contributed by atoms with E-state index in [0.29, 0.717) is 5.57 Å². The molecule has 120 valence electrons. The Morgan fingerprint density at radius 3 is 2.32 bits per heavy atom. The Balaban J connectivity index is 2.26. The zero-order chi connectivity index (χ0) is 16.5. The number of ketones is 1. The molecule has 0 saturated heterocycles. The zero-order valence-electron chi connectivity index (χ0n) is 12.7. The minimum absolute atomic E-state index is 0.0583. The van der Waals surface area contributed by atoms with Crippen molar-refractivity contribution in [1.29, 1.82) is 0 Å². The van der Waals surface area contributed by atoms with E-state index in [0.717, 1.165) is 0 Å². The fourth-order valence-corrected chi connectivity index (χ4v) is 3.30. The van der Waals surface area contributed by atoms with Crippen molar-refractivity contribution in [2.45, 2.75) is 19.8 Å². The third-order valence-electron chi connectivity index (χ3n) is 4.35. The van der Waals surface area contributed by atoms with Crippen molar-refractivity contribution >= 4 is 23.7 Å². The molecule has 0 N–H and O–H groups in total. The Kier molecular flexibility index (Phi) is 4.35. The van der Waals surface area contributed by atoms with E-state index in [4.69, 9.17) is 14.2 Å². The Morgan fingerprint density at radius 2 is 1.82 bits per heavy atom. The number of rotatable bonds is 4. The van der Waals surface area contributed by atoms with Crippen molar-refractivity contribution in [1.82, 2.24) is 0 Å². The maximum atomic E-state index is 12.1. The molecule has 0 bridgehead atoms. The average Bonchev–Trinajstić information content (AvgIpc) is 2.98. The molecule has 0 heterocycles. The van der Waals surface area contributed by atoms with Gasteiger partial charge >= 0.3 is 17.9 Å². The molecule has 7 heteroatoms. The highest BCUT2D eigenvalue weighted by Gasteiger charge is 2.59. The molecular formula is C15H18O7. The van der Waals surface area contributed by atoms with Gasteiger partial charge in [0.25, 0.3) is 0 Å². The van der Waals surface area contributed by atoms with Crippen LogP contribution in [0.4, 0.5) is 0 Å². The van der Waals surface area contributed by atoms with E-state index < -0.39 is 29.2 Å². The van der Waals surface area contributed by atoms with Gasteiger partial charge in [0.05, 0.1) is 20.1 Å². The summed E-state index contributed by atoms with van der Waals surface area (Å²) in [6.07, 6.45) is 1.65. The van der Waals surface area contributed by atoms with Crippen molar-refractivity contribution in [3.05, 3.63) is 11.6 Å². The van der Waals surface area contributed by atoms with Crippen LogP contribution < -0.4 is 0 Å². The normalized spacial score (nSPS) is 25.2. The number of esters is 3. The summed E-state index contributed by atoms with van der Waals surface area (Å²) in [5, 5.41) is 0. The second-order valence-corrected chi connectivity index (χ2v) is 5.58. The first-order chi connectivity index (χ1) is 10.4. The third-order valence-corrected chi connectivity index (χ3v) is 4.35. The maximum Gasteiger partial charge on any atom is 0.323 e. The van der Waals surface area contributed by atoms with Crippen molar-refractivity contribution in [2.24, 2.45) is 17.3 Å². The number of carbonyl (C=O) groups excluding carboxylic acids is 4. The van der Waals surface area contributed by atoms with Gasteiger partial charge in [-0.25, -0.2) is 0 Å². The van der Waals surface area contributed by atoms with Gasteiger partial charge in [0.1, 0.15) is 6.61 Å². The SMILES string of the molecule is COC(=O)C1(C(=O)OC)CC2=CC(=O)[C@H](COC(C)=O)[C@@H]2C1. The Morgan fingerprint density at radius 1 is 1.23 bits per heavy atom. The maximum absolute atomic E-state index is 12.1. The van der Waals surface area contributed by atoms with Gasteiger partial charge in [0, 0.05) is 6.92 Å². The number of ether oxygens (including phenoxy) is 3. The van der Waals surface area contributed by atoms with Crippen LogP contribution in [0.15, 0.2) is 11.6 Å². The van der Waals surface area contributed by atoms with E-state index in [1.54, 1.807) is 0 Å². The Labute approximate surface area is 127 Å². The van der Waals surface area contributed by atoms with Crippen LogP contribution in [0.2, 0.25) is 0 Å². The van der Waals surface area contributed by atoms with E-state index in [2.05, 4.69) is 0 Å². The van der Waals surface area contributed by atoms with Crippen LogP contribution in [0.1, 0.15) is 19.8 Å². The van der Waals surface area contributed by atoms with Gasteiger partial charge in [-0.05, 0) is 24.8 Å². The summed E-state index contributed by atoms with van der Waals surface area (Å²) in [6, 6.07) is 0. The van der Waals surface area contributed by atoms with Crippen molar-refractivity contribution in [3.63, 3.8) is 0 Å². The molecule has 0 aromatic heterocycles. The third kappa shape index (κ3) is 2.51. The van der Waals surface area contributed by atoms with E-state index in [1.165, 1.54) is 27.2 Å². The number of hydrogen-bond donors (Lipinski definition) is 0. The fraction of sp³-hybridized carbons (Fsp3) is 0.600. The molecular weight excluding hydrogens is 292 g/mol. The standard InChI is InChI=1S/C15H18O7/c1-8(16)22-7-11-10-6-15(13(18)20-2,14(19)21-3)5-9(10)4-12(11)17/h4,10-11H,5-7H2,1-3H3/t10-,11-/m1/s1. The molecule has 1 fully saturated rings. The average molecular weight is 310 g/mol. The summed E-state index contributed by atoms with van der Waals surface area (Å²) in [7, 11) is 2.41. The van der Waals surface area contributed by atoms with Gasteiger partial charge < -0.3 is 14.2 Å². The Bertz CT molecular complexity index is 544. The number of allylic oxidation sites excluding steroid dienone is 2. The van der Waals surface area contributed by atoms with Crippen molar-refractivity contribution in [2.75, 3.05) is 20.8 Å². The van der Waals surface area contributed by atoms with Gasteiger partial charge in [0.15, 0.2) is 11.2 Å². The quantitative estimate of drug-likeness (QED) is 0.422. The second-order valence-electron chi connectivity index (χ2n) is 5.58. The molecule has 2 atom stereocenters. The molecule has 0 amide bonds. The number of methoxy groups -OCH3 is 2. The van der Waals surface area contributed by atoms with Crippen LogP contribution in [0, 0.1) is 17.3 Å². The zero-order valence-corrected chi connectivity index (χ0v) is 12.7. The lowest BCUT2D eigenvalue weighted by atomic mass is 9.82. The highest BCUT2D eigenvalue weighted by molar-refractivity contribution is 6.03. The van der Waals surface area contributed by atoms with E-state index in [9.17, 15) is 19.2 Å². The lowest BCUT2D eigenvalue weighted by Crippen LogP contribution is -2.40. The molecule has 2 aliphatic carbocycles. The molecule has 0 aromatic carbocycles. The number of carbonyl (C=O) groups is 4. The topological polar surface area (TPSA) is 96.0 Å². The predicted molar refractivity (Wildman–Crippen MR) is 72.4 cm³/mol. The monoisotopic (exact) mass is 310 g/mol. The predicted octanol–water partition coefficient (Wildman–Crippen LogP) is 0.417. The molecule has 0 spiro atoms. The van der Waals surface area contributed by atoms with Crippen LogP contribution in [0.5, 0.6) is 0 Å². The summed E-state index contributed by atoms with van der Waals surface area (Å²) < 4.78 is 14.4. The summed E-state index contributed by atoms with van der Waals surface area (Å²) in [4.78, 5) is 47.1. The molecule has 0 radical (unpaired) electrons. The molecule has 2 aliphatic rings. The molecule has 0 unspecified atom stereocenters. The summed E-state index contributed by atoms with van der Waals surface area (Å²) in [5.74, 6) is -2.85. The first-order valence-electron chi connectivity index (χ1n) is 6.90. The van der Waals surface area contributed by atoms with Crippen LogP contribution >= 0.6 is 0 Å². The van der Waals surface area contributed by atoms with Crippen LogP contribution in [-0.2, 0) is 33.4 Å². The molecule has 22 heavy (non-hydrogen) atoms. The van der Waals surface area contributed by atoms with Crippen molar-refractivity contribution in [3.8, 4) is 0 Å². The van der Waals surface area contributed by atoms with Gasteiger partial charge in [-0.3, -0.25) is 19.2 Å². The first-order valence-corrected chi connectivity index (χ1v) is 6.90. The summed E-state index contributed by atoms with van der Waals surface area (Å²) in [6.45, 7) is 1.20. The molecule has 7 nitrogen and oxygen atoms in total. The minimum atomic E-state index is -1.42. The first kappa shape index (κ1) is 16.2. The van der Waals surface area contributed by atoms with Crippen LogP contribution in [-0.4, -0.2) is 44.5 Å². The van der Waals surface area contributed by atoms with Crippen LogP contribution in [0.25, 0.3) is 0 Å². The minimum Gasteiger partial charge on any atom is -0.468 e. The number of hydrogen-bond acceptors (Lipinski definition) is 7. The van der Waals surface area contributed by atoms with E-state index >= 15 is 0 Å². The largest absolute Gasteiger partial charge is 0.468 e. The number of fused-ring (bicyclic) bond motifs is 1. The molecule has 2 rings (SSSR count). The van der Waals surface area contributed by atoms with Crippen molar-refractivity contribution < 1.29 is 33.4 Å². The van der Waals surface area contributed by atoms with Gasteiger partial charge in [-0.1, -0.05) is 5.57 Å². The van der Waals surface area contributed by atoms with Crippen LogP contribution in [0.3, 0.4) is 0 Å². The fourth-order valence-electron chi connectivity index (χ4n) is 3.30. The second kappa shape index (κ2) is 5.90. The van der Waals surface area contributed by atoms with Gasteiger partial charge in [0.2, 0.25) is 0 Å². The smallest absolute Gasteiger partial charge is 0.323 e. The molecule has 0 aromatic rings. The van der Waals surface area contributed by atoms with Gasteiger partial charge in [-0.15, -0.1) is 0 Å². The summed E-state index contributed by atoms with van der Waals surface area (Å²) in [5.41, 5.74) is -0.715. The highest BCUT2D eigenvalue weighted by atomic mass is 16.5. The van der Waals surface area contributed by atoms with E-state index in [1.807, 2.05) is 0 Å². The molecule has 1 saturated carbocycles. The molecule has 0 aliphatic heterocycles. The van der Waals surface area contributed by atoms with E-state index in [-0.39, 0.29) is 31.1 Å². The summed E-state index contributed by atoms with van der Waals surface area (Å²) >= 11 is 0.